The van der Waals surface area contributed by atoms with Crippen molar-refractivity contribution in [3.05, 3.63) is 24.0 Å². The Morgan fingerprint density at radius 3 is 2.48 bits per heavy atom. The predicted octanol–water partition coefficient (Wildman–Crippen LogP) is 5.21. The van der Waals surface area contributed by atoms with Crippen LogP contribution in [0.3, 0.4) is 0 Å². The zero-order valence-electron chi connectivity index (χ0n) is 17.8. The van der Waals surface area contributed by atoms with Crippen LogP contribution in [-0.4, -0.2) is 44.7 Å². The molecule has 0 saturated carbocycles. The SMILES string of the molecule is CCCc1nc(N=Nc2ccc(N(CC)CC)cc2N=S(=O)(CF)OC(F)F)n(C)n1. The second-order valence-electron chi connectivity index (χ2n) is 6.39. The molecule has 0 spiro atoms. The standard InChI is InChI=1S/C18H26F3N7O2S/c1-5-8-16-22-18(27(4)25-16)24-23-14-10-9-13(28(6-2)7-3)11-15(14)26-31(29,12-19)30-17(20)21/h9-11,17H,5-8,12H2,1-4H3. The van der Waals surface area contributed by atoms with Crippen molar-refractivity contribution in [3.63, 3.8) is 0 Å². The Labute approximate surface area is 179 Å². The third-order valence-electron chi connectivity index (χ3n) is 4.19. The maximum absolute atomic E-state index is 13.3. The van der Waals surface area contributed by atoms with Crippen molar-refractivity contribution in [1.29, 1.82) is 0 Å². The van der Waals surface area contributed by atoms with Gasteiger partial charge in [0.25, 0.3) is 5.95 Å². The number of halogens is 3. The van der Waals surface area contributed by atoms with Gasteiger partial charge in [0.05, 0.1) is 0 Å². The van der Waals surface area contributed by atoms with Crippen molar-refractivity contribution in [3.8, 4) is 0 Å². The Bertz CT molecular complexity index is 1020. The molecular weight excluding hydrogens is 435 g/mol. The second kappa shape index (κ2) is 11.2. The van der Waals surface area contributed by atoms with Gasteiger partial charge in [-0.15, -0.1) is 10.2 Å². The van der Waals surface area contributed by atoms with E-state index in [0.717, 1.165) is 6.42 Å². The quantitative estimate of drug-likeness (QED) is 0.428. The fourth-order valence-corrected chi connectivity index (χ4v) is 3.55. The van der Waals surface area contributed by atoms with Crippen LogP contribution in [-0.2, 0) is 27.7 Å². The number of anilines is 1. The third-order valence-corrected chi connectivity index (χ3v) is 5.39. The van der Waals surface area contributed by atoms with Gasteiger partial charge < -0.3 is 4.90 Å². The first-order chi connectivity index (χ1) is 14.7. The summed E-state index contributed by atoms with van der Waals surface area (Å²) in [7, 11) is -2.64. The van der Waals surface area contributed by atoms with Crippen molar-refractivity contribution >= 4 is 33.0 Å². The van der Waals surface area contributed by atoms with Crippen LogP contribution >= 0.6 is 0 Å². The Morgan fingerprint density at radius 2 is 1.90 bits per heavy atom. The second-order valence-corrected chi connectivity index (χ2v) is 8.14. The summed E-state index contributed by atoms with van der Waals surface area (Å²) in [6, 6.07) is 3.03. The summed E-state index contributed by atoms with van der Waals surface area (Å²) >= 11 is 0. The van der Waals surface area contributed by atoms with E-state index in [4.69, 9.17) is 0 Å². The number of hydrogen-bond donors (Lipinski definition) is 0. The number of aromatic nitrogens is 3. The zero-order valence-corrected chi connectivity index (χ0v) is 18.7. The molecule has 1 aromatic heterocycles. The summed E-state index contributed by atoms with van der Waals surface area (Å²) in [5.74, 6) is 0.823. The molecule has 1 aromatic carbocycles. The molecule has 2 aromatic rings. The number of hydrogen-bond acceptors (Lipinski definition) is 8. The van der Waals surface area contributed by atoms with Crippen LogP contribution in [0.2, 0.25) is 0 Å². The molecule has 0 aliphatic carbocycles. The van der Waals surface area contributed by atoms with E-state index in [-0.39, 0.29) is 17.3 Å². The lowest BCUT2D eigenvalue weighted by Gasteiger charge is -2.21. The lowest BCUT2D eigenvalue weighted by molar-refractivity contribution is -0.0421. The molecule has 13 heteroatoms. The largest absolute Gasteiger partial charge is 0.372 e. The summed E-state index contributed by atoms with van der Waals surface area (Å²) in [5, 5.41) is 12.3. The molecule has 0 aliphatic heterocycles. The number of azo groups is 1. The molecule has 1 heterocycles. The van der Waals surface area contributed by atoms with E-state index in [0.29, 0.717) is 31.0 Å². The van der Waals surface area contributed by atoms with Crippen LogP contribution in [0, 0.1) is 0 Å². The van der Waals surface area contributed by atoms with E-state index < -0.39 is 22.6 Å². The van der Waals surface area contributed by atoms with Crippen molar-refractivity contribution < 1.29 is 21.6 Å². The Morgan fingerprint density at radius 1 is 1.19 bits per heavy atom. The summed E-state index contributed by atoms with van der Waals surface area (Å²) in [4.78, 5) is 6.21. The van der Waals surface area contributed by atoms with Gasteiger partial charge in [-0.3, -0.25) is 0 Å². The number of aryl methyl sites for hydroxylation is 2. The highest BCUT2D eigenvalue weighted by atomic mass is 32.2. The highest BCUT2D eigenvalue weighted by Gasteiger charge is 2.19. The van der Waals surface area contributed by atoms with Gasteiger partial charge in [-0.1, -0.05) is 6.92 Å². The Kier molecular flexibility index (Phi) is 8.92. The topological polar surface area (TPSA) is 97.3 Å². The Balaban J connectivity index is 2.54. The van der Waals surface area contributed by atoms with Gasteiger partial charge in [0, 0.05) is 32.2 Å². The maximum Gasteiger partial charge on any atom is 0.357 e. The van der Waals surface area contributed by atoms with E-state index >= 15 is 0 Å². The molecular formula is C18H26F3N7O2S. The number of rotatable bonds is 11. The molecule has 0 amide bonds. The lowest BCUT2D eigenvalue weighted by Crippen LogP contribution is -2.21. The lowest BCUT2D eigenvalue weighted by atomic mass is 10.2. The molecule has 0 radical (unpaired) electrons. The first kappa shape index (κ1) is 24.7. The molecule has 0 fully saturated rings. The minimum absolute atomic E-state index is 0.0904. The van der Waals surface area contributed by atoms with Gasteiger partial charge in [-0.2, -0.15) is 23.2 Å². The molecule has 1 unspecified atom stereocenters. The van der Waals surface area contributed by atoms with Gasteiger partial charge in [0.15, 0.2) is 11.8 Å². The summed E-state index contributed by atoms with van der Waals surface area (Å²) in [5.41, 5.74) is 0.673. The summed E-state index contributed by atoms with van der Waals surface area (Å²) in [6.45, 7) is 3.72. The van der Waals surface area contributed by atoms with Crippen LogP contribution in [0.1, 0.15) is 33.0 Å². The van der Waals surface area contributed by atoms with Crippen LogP contribution in [0.4, 0.5) is 36.2 Å². The zero-order chi connectivity index (χ0) is 23.0. The predicted molar refractivity (Wildman–Crippen MR) is 112 cm³/mol. The average Bonchev–Trinajstić information content (AvgIpc) is 3.07. The summed E-state index contributed by atoms with van der Waals surface area (Å²) in [6.07, 6.45) is 1.53. The molecule has 0 saturated heterocycles. The van der Waals surface area contributed by atoms with Gasteiger partial charge >= 0.3 is 6.61 Å². The molecule has 1 atom stereocenters. The van der Waals surface area contributed by atoms with E-state index in [9.17, 15) is 17.4 Å². The molecule has 9 nitrogen and oxygen atoms in total. The smallest absolute Gasteiger partial charge is 0.357 e. The van der Waals surface area contributed by atoms with E-state index in [1.54, 1.807) is 13.1 Å². The van der Waals surface area contributed by atoms with Crippen molar-refractivity contribution in [2.45, 2.75) is 40.2 Å². The minimum Gasteiger partial charge on any atom is -0.372 e. The third kappa shape index (κ3) is 6.72. The molecule has 172 valence electrons. The first-order valence-corrected chi connectivity index (χ1v) is 11.3. The Hall–Kier alpha value is -2.54. The summed E-state index contributed by atoms with van der Waals surface area (Å²) < 4.78 is 59.9. The highest BCUT2D eigenvalue weighted by Crippen LogP contribution is 2.35. The number of alkyl halides is 3. The molecule has 2 rings (SSSR count). The van der Waals surface area contributed by atoms with Gasteiger partial charge in [-0.25, -0.2) is 17.5 Å². The first-order valence-electron chi connectivity index (χ1n) is 9.73. The molecule has 0 aliphatic rings. The van der Waals surface area contributed by atoms with Crippen molar-refractivity contribution in [1.82, 2.24) is 14.8 Å². The average molecular weight is 462 g/mol. The van der Waals surface area contributed by atoms with Crippen LogP contribution in [0.5, 0.6) is 0 Å². The van der Waals surface area contributed by atoms with Crippen LogP contribution in [0.25, 0.3) is 0 Å². The number of nitrogens with zero attached hydrogens (tertiary/aromatic N) is 7. The normalized spacial score (nSPS) is 13.7. The van der Waals surface area contributed by atoms with Crippen molar-refractivity contribution in [2.24, 2.45) is 21.6 Å². The molecule has 31 heavy (non-hydrogen) atoms. The van der Waals surface area contributed by atoms with Crippen molar-refractivity contribution in [2.75, 3.05) is 24.0 Å². The van der Waals surface area contributed by atoms with E-state index in [1.807, 2.05) is 25.7 Å². The van der Waals surface area contributed by atoms with Gasteiger partial charge in [0.1, 0.15) is 11.4 Å². The van der Waals surface area contributed by atoms with Gasteiger partial charge in [-0.05, 0) is 38.5 Å². The van der Waals surface area contributed by atoms with Crippen LogP contribution < -0.4 is 4.90 Å². The van der Waals surface area contributed by atoms with Gasteiger partial charge in [0.2, 0.25) is 10.0 Å². The molecule has 0 N–H and O–H groups in total. The fraction of sp³-hybridized carbons (Fsp3) is 0.556. The fourth-order valence-electron chi connectivity index (χ4n) is 2.73. The van der Waals surface area contributed by atoms with Crippen LogP contribution in [0.15, 0.2) is 32.8 Å². The van der Waals surface area contributed by atoms with E-state index in [2.05, 4.69) is 28.9 Å². The number of benzene rings is 1. The highest BCUT2D eigenvalue weighted by molar-refractivity contribution is 7.89. The monoisotopic (exact) mass is 461 g/mol. The molecule has 0 bridgehead atoms. The maximum atomic E-state index is 13.3. The minimum atomic E-state index is -4.30. The van der Waals surface area contributed by atoms with E-state index in [1.165, 1.54) is 16.8 Å².